The van der Waals surface area contributed by atoms with E-state index in [1.54, 1.807) is 26.4 Å². The van der Waals surface area contributed by atoms with Crippen LogP contribution in [-0.4, -0.2) is 71.7 Å². The van der Waals surface area contributed by atoms with Crippen molar-refractivity contribution in [2.24, 2.45) is 7.05 Å². The Hall–Kier alpha value is -2.76. The van der Waals surface area contributed by atoms with Crippen LogP contribution in [-0.2, 0) is 28.4 Å². The molecule has 11 heteroatoms. The fourth-order valence-corrected chi connectivity index (χ4v) is 5.09. The number of piperazine rings is 1. The second kappa shape index (κ2) is 8.17. The van der Waals surface area contributed by atoms with Crippen molar-refractivity contribution < 1.29 is 13.2 Å². The quantitative estimate of drug-likeness (QED) is 0.551. The van der Waals surface area contributed by atoms with E-state index < -0.39 is 10.0 Å². The summed E-state index contributed by atoms with van der Waals surface area (Å²) in [6, 6.07) is 5.54. The minimum atomic E-state index is -3.62. The first kappa shape index (κ1) is 20.5. The number of sulfonamides is 1. The van der Waals surface area contributed by atoms with Gasteiger partial charge in [-0.3, -0.25) is 9.36 Å². The Bertz CT molecular complexity index is 1210. The molecular weight excluding hydrogens is 408 g/mol. The zero-order valence-corrected chi connectivity index (χ0v) is 17.7. The van der Waals surface area contributed by atoms with Crippen molar-refractivity contribution in [2.45, 2.75) is 11.7 Å². The molecule has 10 nitrogen and oxygen atoms in total. The standard InChI is InChI=1S/C19H24N6O4S/c1-22-6-5-20-19(22)30(27,28)25-9-7-23(8-10-25)15-3-4-16-17(13-15)21-14-24(18(16)26)11-12-29-2/h3-6,13-14H,7-12H2,1-2H3. The predicted octanol–water partition coefficient (Wildman–Crippen LogP) is 0.287. The van der Waals surface area contributed by atoms with Gasteiger partial charge in [0.1, 0.15) is 0 Å². The van der Waals surface area contributed by atoms with E-state index in [1.165, 1.54) is 26.0 Å². The van der Waals surface area contributed by atoms with Crippen LogP contribution in [0.2, 0.25) is 0 Å². The van der Waals surface area contributed by atoms with Crippen molar-refractivity contribution in [3.05, 3.63) is 47.3 Å². The lowest BCUT2D eigenvalue weighted by molar-refractivity contribution is 0.186. The van der Waals surface area contributed by atoms with E-state index in [-0.39, 0.29) is 10.7 Å². The lowest BCUT2D eigenvalue weighted by Gasteiger charge is -2.35. The molecule has 3 heterocycles. The van der Waals surface area contributed by atoms with Crippen molar-refractivity contribution in [2.75, 3.05) is 44.8 Å². The maximum Gasteiger partial charge on any atom is 0.277 e. The highest BCUT2D eigenvalue weighted by Gasteiger charge is 2.31. The number of benzene rings is 1. The number of rotatable bonds is 6. The molecule has 0 aliphatic carbocycles. The van der Waals surface area contributed by atoms with Gasteiger partial charge in [-0.15, -0.1) is 0 Å². The van der Waals surface area contributed by atoms with Gasteiger partial charge in [0.2, 0.25) is 5.16 Å². The van der Waals surface area contributed by atoms with Crippen LogP contribution >= 0.6 is 0 Å². The van der Waals surface area contributed by atoms with E-state index in [9.17, 15) is 13.2 Å². The second-order valence-corrected chi connectivity index (χ2v) is 8.98. The zero-order valence-electron chi connectivity index (χ0n) is 16.9. The predicted molar refractivity (Wildman–Crippen MR) is 112 cm³/mol. The summed E-state index contributed by atoms with van der Waals surface area (Å²) in [5, 5.41) is 0.601. The highest BCUT2D eigenvalue weighted by molar-refractivity contribution is 7.89. The van der Waals surface area contributed by atoms with Gasteiger partial charge in [0.05, 0.1) is 30.4 Å². The molecule has 1 aliphatic rings. The molecule has 2 aromatic heterocycles. The van der Waals surface area contributed by atoms with E-state index >= 15 is 0 Å². The van der Waals surface area contributed by atoms with Gasteiger partial charge < -0.3 is 14.2 Å². The molecule has 0 N–H and O–H groups in total. The third kappa shape index (κ3) is 3.71. The van der Waals surface area contributed by atoms with Crippen LogP contribution in [0.3, 0.4) is 0 Å². The Balaban J connectivity index is 1.51. The molecule has 0 atom stereocenters. The molecule has 0 amide bonds. The van der Waals surface area contributed by atoms with Crippen molar-refractivity contribution in [1.82, 2.24) is 23.4 Å². The van der Waals surface area contributed by atoms with Crippen molar-refractivity contribution in [1.29, 1.82) is 0 Å². The van der Waals surface area contributed by atoms with E-state index in [2.05, 4.69) is 14.9 Å². The van der Waals surface area contributed by atoms with Gasteiger partial charge in [0.25, 0.3) is 15.6 Å². The monoisotopic (exact) mass is 432 g/mol. The third-order valence-electron chi connectivity index (χ3n) is 5.30. The van der Waals surface area contributed by atoms with E-state index in [0.29, 0.717) is 50.2 Å². The molecular formula is C19H24N6O4S. The molecule has 1 fully saturated rings. The Morgan fingerprint density at radius 1 is 1.13 bits per heavy atom. The normalized spacial score (nSPS) is 15.7. The molecule has 160 valence electrons. The number of methoxy groups -OCH3 is 1. The number of anilines is 1. The average molecular weight is 433 g/mol. The first-order chi connectivity index (χ1) is 14.4. The highest BCUT2D eigenvalue weighted by Crippen LogP contribution is 2.22. The first-order valence-corrected chi connectivity index (χ1v) is 11.1. The molecule has 1 aliphatic heterocycles. The summed E-state index contributed by atoms with van der Waals surface area (Å²) in [5.41, 5.74) is 1.43. The molecule has 0 radical (unpaired) electrons. The Morgan fingerprint density at radius 3 is 2.57 bits per heavy atom. The SMILES string of the molecule is COCCn1cnc2cc(N3CCN(S(=O)(=O)c4nccn4C)CC3)ccc2c1=O. The van der Waals surface area contributed by atoms with Gasteiger partial charge in [-0.05, 0) is 18.2 Å². The van der Waals surface area contributed by atoms with Gasteiger partial charge in [-0.2, -0.15) is 4.31 Å². The fourth-order valence-electron chi connectivity index (χ4n) is 3.59. The Kier molecular flexibility index (Phi) is 5.58. The molecule has 0 spiro atoms. The number of nitrogens with zero attached hydrogens (tertiary/aromatic N) is 6. The molecule has 0 saturated carbocycles. The first-order valence-electron chi connectivity index (χ1n) is 9.62. The van der Waals surface area contributed by atoms with E-state index in [4.69, 9.17) is 4.74 Å². The molecule has 1 saturated heterocycles. The van der Waals surface area contributed by atoms with Gasteiger partial charge in [-0.25, -0.2) is 18.4 Å². The molecule has 30 heavy (non-hydrogen) atoms. The van der Waals surface area contributed by atoms with Gasteiger partial charge in [0.15, 0.2) is 0 Å². The van der Waals surface area contributed by atoms with Gasteiger partial charge in [0, 0.05) is 58.4 Å². The van der Waals surface area contributed by atoms with Crippen LogP contribution < -0.4 is 10.5 Å². The smallest absolute Gasteiger partial charge is 0.277 e. The molecule has 4 rings (SSSR count). The third-order valence-corrected chi connectivity index (χ3v) is 7.20. The number of aromatic nitrogens is 4. The second-order valence-electron chi connectivity index (χ2n) is 7.15. The minimum Gasteiger partial charge on any atom is -0.383 e. The summed E-state index contributed by atoms with van der Waals surface area (Å²) in [5.74, 6) is 0. The Labute approximate surface area is 174 Å². The fraction of sp³-hybridized carbons (Fsp3) is 0.421. The van der Waals surface area contributed by atoms with Gasteiger partial charge in [-0.1, -0.05) is 0 Å². The summed E-state index contributed by atoms with van der Waals surface area (Å²) < 4.78 is 35.1. The zero-order chi connectivity index (χ0) is 21.3. The highest BCUT2D eigenvalue weighted by atomic mass is 32.2. The van der Waals surface area contributed by atoms with Gasteiger partial charge >= 0.3 is 0 Å². The van der Waals surface area contributed by atoms with Crippen LogP contribution in [0.4, 0.5) is 5.69 Å². The van der Waals surface area contributed by atoms with Crippen molar-refractivity contribution in [3.63, 3.8) is 0 Å². The van der Waals surface area contributed by atoms with Crippen LogP contribution in [0.15, 0.2) is 46.9 Å². The number of aryl methyl sites for hydroxylation is 1. The number of imidazole rings is 1. The summed E-state index contributed by atoms with van der Waals surface area (Å²) in [6.07, 6.45) is 4.63. The van der Waals surface area contributed by atoms with E-state index in [1.807, 2.05) is 12.1 Å². The summed E-state index contributed by atoms with van der Waals surface area (Å²) in [7, 11) is -0.357. The maximum absolute atomic E-state index is 12.8. The summed E-state index contributed by atoms with van der Waals surface area (Å²) >= 11 is 0. The van der Waals surface area contributed by atoms with Crippen LogP contribution in [0.5, 0.6) is 0 Å². The minimum absolute atomic E-state index is 0.0515. The summed E-state index contributed by atoms with van der Waals surface area (Å²) in [4.78, 5) is 23.1. The average Bonchev–Trinajstić information content (AvgIpc) is 3.20. The Morgan fingerprint density at radius 2 is 1.90 bits per heavy atom. The summed E-state index contributed by atoms with van der Waals surface area (Å²) in [6.45, 7) is 2.70. The van der Waals surface area contributed by atoms with Crippen LogP contribution in [0.25, 0.3) is 10.9 Å². The lowest BCUT2D eigenvalue weighted by atomic mass is 10.2. The van der Waals surface area contributed by atoms with E-state index in [0.717, 1.165) is 5.69 Å². The van der Waals surface area contributed by atoms with Crippen LogP contribution in [0.1, 0.15) is 0 Å². The number of fused-ring (bicyclic) bond motifs is 1. The topological polar surface area (TPSA) is 103 Å². The number of hydrogen-bond acceptors (Lipinski definition) is 7. The van der Waals surface area contributed by atoms with Crippen molar-refractivity contribution in [3.8, 4) is 0 Å². The maximum atomic E-state index is 12.8. The largest absolute Gasteiger partial charge is 0.383 e. The molecule has 3 aromatic rings. The molecule has 0 bridgehead atoms. The van der Waals surface area contributed by atoms with Crippen molar-refractivity contribution >= 4 is 26.6 Å². The van der Waals surface area contributed by atoms with Crippen LogP contribution in [0, 0.1) is 0 Å². The number of hydrogen-bond donors (Lipinski definition) is 0. The lowest BCUT2D eigenvalue weighted by Crippen LogP contribution is -2.49. The molecule has 1 aromatic carbocycles. The molecule has 0 unspecified atom stereocenters. The number of ether oxygens (including phenoxy) is 1.